The molecule has 0 atom stereocenters. The highest BCUT2D eigenvalue weighted by Crippen LogP contribution is 2.24. The average Bonchev–Trinajstić information content (AvgIpc) is 2.69. The lowest BCUT2D eigenvalue weighted by atomic mass is 10.1. The highest BCUT2D eigenvalue weighted by Gasteiger charge is 2.13. The molecule has 0 radical (unpaired) electrons. The number of rotatable bonds is 6. The van der Waals surface area contributed by atoms with Gasteiger partial charge >= 0.3 is 0 Å². The lowest BCUT2D eigenvalue weighted by Crippen LogP contribution is -2.30. The minimum atomic E-state index is 0. The number of guanidine groups is 1. The van der Waals surface area contributed by atoms with E-state index in [9.17, 15) is 0 Å². The molecular formula is C21H29IN4O. The molecule has 0 aromatic heterocycles. The van der Waals surface area contributed by atoms with Crippen molar-refractivity contribution in [1.29, 1.82) is 0 Å². The van der Waals surface area contributed by atoms with Crippen molar-refractivity contribution >= 4 is 41.3 Å². The third-order valence-corrected chi connectivity index (χ3v) is 4.69. The summed E-state index contributed by atoms with van der Waals surface area (Å²) in [4.78, 5) is 7.03. The monoisotopic (exact) mass is 480 g/mol. The second kappa shape index (κ2) is 11.1. The summed E-state index contributed by atoms with van der Waals surface area (Å²) in [6, 6.07) is 16.5. The summed E-state index contributed by atoms with van der Waals surface area (Å²) in [6.07, 6.45) is 3.85. The first-order valence-corrected chi connectivity index (χ1v) is 9.24. The number of hydrogen-bond donors (Lipinski definition) is 2. The molecule has 0 bridgehead atoms. The van der Waals surface area contributed by atoms with Gasteiger partial charge in [0.05, 0.1) is 13.2 Å². The fourth-order valence-electron chi connectivity index (χ4n) is 3.36. The van der Waals surface area contributed by atoms with Gasteiger partial charge in [-0.1, -0.05) is 36.4 Å². The second-order valence-electron chi connectivity index (χ2n) is 6.59. The molecule has 0 amide bonds. The van der Waals surface area contributed by atoms with Crippen molar-refractivity contribution in [3.8, 4) is 0 Å². The SMILES string of the molecule is COCc1ccccc1NC(N)=NCc1ccccc1N1CCCCC1.I. The molecule has 3 N–H and O–H groups in total. The van der Waals surface area contributed by atoms with Gasteiger partial charge in [0.2, 0.25) is 0 Å². The van der Waals surface area contributed by atoms with Gasteiger partial charge in [-0.05, 0) is 37.0 Å². The molecule has 1 aliphatic heterocycles. The molecule has 146 valence electrons. The third-order valence-electron chi connectivity index (χ3n) is 4.69. The van der Waals surface area contributed by atoms with Gasteiger partial charge in [0, 0.05) is 37.1 Å². The standard InChI is InChI=1S/C21H28N4O.HI/c1-26-16-18-10-3-5-11-19(18)24-21(22)23-15-17-9-4-6-12-20(17)25-13-7-2-8-14-25;/h3-6,9-12H,2,7-8,13-16H2,1H3,(H3,22,23,24);1H. The molecule has 1 saturated heterocycles. The summed E-state index contributed by atoms with van der Waals surface area (Å²) in [5.74, 6) is 0.419. The number of anilines is 2. The number of piperidine rings is 1. The quantitative estimate of drug-likeness (QED) is 0.366. The van der Waals surface area contributed by atoms with Crippen LogP contribution >= 0.6 is 24.0 Å². The van der Waals surface area contributed by atoms with Crippen LogP contribution in [-0.4, -0.2) is 26.2 Å². The van der Waals surface area contributed by atoms with E-state index >= 15 is 0 Å². The van der Waals surface area contributed by atoms with E-state index in [1.54, 1.807) is 7.11 Å². The molecule has 2 aromatic carbocycles. The first-order valence-electron chi connectivity index (χ1n) is 9.24. The maximum Gasteiger partial charge on any atom is 0.193 e. The van der Waals surface area contributed by atoms with Gasteiger partial charge in [-0.15, -0.1) is 24.0 Å². The minimum Gasteiger partial charge on any atom is -0.380 e. The molecule has 6 heteroatoms. The third kappa shape index (κ3) is 6.10. The molecule has 0 aliphatic carbocycles. The molecule has 0 unspecified atom stereocenters. The topological polar surface area (TPSA) is 62.9 Å². The summed E-state index contributed by atoms with van der Waals surface area (Å²) in [7, 11) is 1.69. The Hall–Kier alpha value is -1.80. The average molecular weight is 480 g/mol. The van der Waals surface area contributed by atoms with Gasteiger partial charge in [-0.3, -0.25) is 0 Å². The smallest absolute Gasteiger partial charge is 0.193 e. The molecule has 1 aliphatic rings. The molecule has 27 heavy (non-hydrogen) atoms. The van der Waals surface area contributed by atoms with E-state index in [2.05, 4.69) is 39.5 Å². The number of benzene rings is 2. The van der Waals surface area contributed by atoms with E-state index in [1.807, 2.05) is 24.3 Å². The Kier molecular flexibility index (Phi) is 8.87. The highest BCUT2D eigenvalue weighted by atomic mass is 127. The van der Waals surface area contributed by atoms with E-state index in [-0.39, 0.29) is 24.0 Å². The van der Waals surface area contributed by atoms with Gasteiger partial charge in [-0.2, -0.15) is 0 Å². The van der Waals surface area contributed by atoms with Crippen LogP contribution in [0.2, 0.25) is 0 Å². The van der Waals surface area contributed by atoms with Gasteiger partial charge < -0.3 is 20.7 Å². The maximum absolute atomic E-state index is 6.13. The Morgan fingerprint density at radius 1 is 1.04 bits per heavy atom. The largest absolute Gasteiger partial charge is 0.380 e. The number of nitrogens with two attached hydrogens (primary N) is 1. The first-order chi connectivity index (χ1) is 12.8. The summed E-state index contributed by atoms with van der Waals surface area (Å²) < 4.78 is 5.24. The van der Waals surface area contributed by atoms with Gasteiger partial charge in [0.25, 0.3) is 0 Å². The predicted octanol–water partition coefficient (Wildman–Crippen LogP) is 4.37. The predicted molar refractivity (Wildman–Crippen MR) is 124 cm³/mol. The van der Waals surface area contributed by atoms with Crippen LogP contribution in [0.25, 0.3) is 0 Å². The zero-order valence-corrected chi connectivity index (χ0v) is 18.2. The molecule has 0 saturated carbocycles. The number of ether oxygens (including phenoxy) is 1. The number of methoxy groups -OCH3 is 1. The number of nitrogens with zero attached hydrogens (tertiary/aromatic N) is 2. The molecular weight excluding hydrogens is 451 g/mol. The lowest BCUT2D eigenvalue weighted by Gasteiger charge is -2.30. The van der Waals surface area contributed by atoms with Crippen molar-refractivity contribution in [3.63, 3.8) is 0 Å². The number of hydrogen-bond acceptors (Lipinski definition) is 3. The molecule has 1 fully saturated rings. The normalized spacial score (nSPS) is 14.6. The van der Waals surface area contributed by atoms with Gasteiger partial charge in [0.1, 0.15) is 0 Å². The molecule has 3 rings (SSSR count). The van der Waals surface area contributed by atoms with E-state index in [0.717, 1.165) is 24.3 Å². The number of halogens is 1. The van der Waals surface area contributed by atoms with E-state index in [0.29, 0.717) is 19.1 Å². The first kappa shape index (κ1) is 21.5. The summed E-state index contributed by atoms with van der Waals surface area (Å²) >= 11 is 0. The van der Waals surface area contributed by atoms with Gasteiger partial charge in [0.15, 0.2) is 5.96 Å². The Morgan fingerprint density at radius 3 is 2.44 bits per heavy atom. The summed E-state index contributed by atoms with van der Waals surface area (Å²) in [6.45, 7) is 3.35. The fourth-order valence-corrected chi connectivity index (χ4v) is 3.36. The van der Waals surface area contributed by atoms with Crippen LogP contribution in [0.4, 0.5) is 11.4 Å². The van der Waals surface area contributed by atoms with Crippen LogP contribution in [0.15, 0.2) is 53.5 Å². The Labute approximate surface area is 179 Å². The molecule has 2 aromatic rings. The lowest BCUT2D eigenvalue weighted by molar-refractivity contribution is 0.185. The number of para-hydroxylation sites is 2. The summed E-state index contributed by atoms with van der Waals surface area (Å²) in [5, 5.41) is 3.20. The Bertz CT molecular complexity index is 744. The van der Waals surface area contributed by atoms with Crippen LogP contribution in [0.1, 0.15) is 30.4 Å². The van der Waals surface area contributed by atoms with E-state index < -0.39 is 0 Å². The Balaban J connectivity index is 0.00000261. The van der Waals surface area contributed by atoms with E-state index in [1.165, 1.54) is 30.5 Å². The van der Waals surface area contributed by atoms with Crippen molar-refractivity contribution in [1.82, 2.24) is 0 Å². The van der Waals surface area contributed by atoms with Crippen molar-refractivity contribution in [3.05, 3.63) is 59.7 Å². The minimum absolute atomic E-state index is 0. The van der Waals surface area contributed by atoms with E-state index in [4.69, 9.17) is 10.5 Å². The highest BCUT2D eigenvalue weighted by molar-refractivity contribution is 14.0. The van der Waals surface area contributed by atoms with Gasteiger partial charge in [-0.25, -0.2) is 4.99 Å². The summed E-state index contributed by atoms with van der Waals surface area (Å²) in [5.41, 5.74) is 10.6. The molecule has 5 nitrogen and oxygen atoms in total. The molecule has 1 heterocycles. The van der Waals surface area contributed by atoms with Crippen molar-refractivity contribution in [2.24, 2.45) is 10.7 Å². The zero-order valence-electron chi connectivity index (χ0n) is 15.9. The van der Waals surface area contributed by atoms with Crippen molar-refractivity contribution in [2.75, 3.05) is 30.4 Å². The van der Waals surface area contributed by atoms with Crippen LogP contribution in [0.3, 0.4) is 0 Å². The maximum atomic E-state index is 6.13. The Morgan fingerprint density at radius 2 is 1.70 bits per heavy atom. The second-order valence-corrected chi connectivity index (χ2v) is 6.59. The van der Waals surface area contributed by atoms with Crippen LogP contribution < -0.4 is 16.0 Å². The van der Waals surface area contributed by atoms with Crippen LogP contribution in [-0.2, 0) is 17.9 Å². The van der Waals surface area contributed by atoms with Crippen molar-refractivity contribution < 1.29 is 4.74 Å². The van der Waals surface area contributed by atoms with Crippen LogP contribution in [0.5, 0.6) is 0 Å². The number of aliphatic imine (C=N–C) groups is 1. The van der Waals surface area contributed by atoms with Crippen LogP contribution in [0, 0.1) is 0 Å². The number of nitrogens with one attached hydrogen (secondary N) is 1. The molecule has 0 spiro atoms. The fraction of sp³-hybridized carbons (Fsp3) is 0.381. The van der Waals surface area contributed by atoms with Crippen molar-refractivity contribution in [2.45, 2.75) is 32.4 Å². The zero-order chi connectivity index (χ0) is 18.2.